The first kappa shape index (κ1) is 23.0. The van der Waals surface area contributed by atoms with Crippen LogP contribution in [-0.4, -0.2) is 30.6 Å². The molecule has 0 unspecified atom stereocenters. The van der Waals surface area contributed by atoms with E-state index in [1.165, 1.54) is 0 Å². The van der Waals surface area contributed by atoms with E-state index in [9.17, 15) is 9.59 Å². The lowest BCUT2D eigenvalue weighted by Crippen LogP contribution is -2.49. The molecule has 0 bridgehead atoms. The van der Waals surface area contributed by atoms with Gasteiger partial charge < -0.3 is 9.47 Å². The topological polar surface area (TPSA) is 88.7 Å². The summed E-state index contributed by atoms with van der Waals surface area (Å²) in [5, 5.41) is 4.41. The number of methoxy groups -OCH3 is 1. The number of rotatable bonds is 5. The van der Waals surface area contributed by atoms with E-state index >= 15 is 0 Å². The van der Waals surface area contributed by atoms with Gasteiger partial charge in [0.05, 0.1) is 11.6 Å². The number of nitrogens with one attached hydrogen (secondary N) is 3. The predicted molar refractivity (Wildman–Crippen MR) is 129 cm³/mol. The highest BCUT2D eigenvalue weighted by Crippen LogP contribution is 2.34. The van der Waals surface area contributed by atoms with Gasteiger partial charge in [-0.3, -0.25) is 25.8 Å². The average Bonchev–Trinajstić information content (AvgIpc) is 2.77. The van der Waals surface area contributed by atoms with E-state index in [-0.39, 0.29) is 11.7 Å². The van der Waals surface area contributed by atoms with E-state index in [4.69, 9.17) is 21.7 Å². The highest BCUT2D eigenvalue weighted by atomic mass is 79.9. The van der Waals surface area contributed by atoms with Gasteiger partial charge >= 0.3 is 0 Å². The van der Waals surface area contributed by atoms with Crippen molar-refractivity contribution in [2.24, 2.45) is 0 Å². The van der Waals surface area contributed by atoms with Crippen LogP contribution in [0.1, 0.15) is 10.4 Å². The molecule has 7 nitrogen and oxygen atoms in total. The number of thiocarbonyl (C=S) groups is 1. The normalized spacial score (nSPS) is 10.3. The van der Waals surface area contributed by atoms with Crippen molar-refractivity contribution in [3.63, 3.8) is 0 Å². The summed E-state index contributed by atoms with van der Waals surface area (Å²) in [7, 11) is 1.54. The smallest absolute Gasteiger partial charge is 0.276 e. The molecule has 0 saturated heterocycles. The van der Waals surface area contributed by atoms with Crippen LogP contribution >= 0.6 is 44.1 Å². The van der Waals surface area contributed by atoms with Crippen LogP contribution in [0.4, 0.5) is 0 Å². The minimum absolute atomic E-state index is 0.0494. The first-order valence-electron chi connectivity index (χ1n) is 8.92. The van der Waals surface area contributed by atoms with Crippen LogP contribution in [0.5, 0.6) is 11.5 Å². The zero-order valence-corrected chi connectivity index (χ0v) is 20.2. The molecule has 2 amide bonds. The van der Waals surface area contributed by atoms with Crippen molar-refractivity contribution in [3.8, 4) is 11.5 Å². The fraction of sp³-hybridized carbons (Fsp3) is 0.0952. The molecule has 0 heterocycles. The summed E-state index contributed by atoms with van der Waals surface area (Å²) in [6, 6.07) is 16.1. The summed E-state index contributed by atoms with van der Waals surface area (Å²) in [6.45, 7) is -0.247. The second-order valence-corrected chi connectivity index (χ2v) is 8.33. The minimum atomic E-state index is -0.469. The number of hydrogen-bond acceptors (Lipinski definition) is 5. The lowest BCUT2D eigenvalue weighted by atomic mass is 10.1. The first-order valence-corrected chi connectivity index (χ1v) is 10.9. The van der Waals surface area contributed by atoms with Crippen LogP contribution < -0.4 is 25.6 Å². The van der Waals surface area contributed by atoms with Crippen molar-refractivity contribution >= 4 is 71.8 Å². The van der Waals surface area contributed by atoms with Crippen LogP contribution in [0, 0.1) is 0 Å². The molecule has 160 valence electrons. The molecule has 0 aliphatic rings. The molecule has 10 heteroatoms. The van der Waals surface area contributed by atoms with Gasteiger partial charge in [0.25, 0.3) is 11.8 Å². The second-order valence-electron chi connectivity index (χ2n) is 6.22. The van der Waals surface area contributed by atoms with Crippen molar-refractivity contribution < 1.29 is 19.1 Å². The SMILES string of the molecule is COc1ccc(C(=O)NC(=S)NNC(=O)COc2ccc3cc(Br)ccc3c2Br)cc1. The van der Waals surface area contributed by atoms with Crippen LogP contribution in [0.3, 0.4) is 0 Å². The van der Waals surface area contributed by atoms with Gasteiger partial charge in [0, 0.05) is 10.0 Å². The first-order chi connectivity index (χ1) is 14.9. The van der Waals surface area contributed by atoms with E-state index < -0.39 is 11.8 Å². The number of hydrazine groups is 1. The number of amides is 2. The molecule has 31 heavy (non-hydrogen) atoms. The van der Waals surface area contributed by atoms with Crippen LogP contribution in [-0.2, 0) is 4.79 Å². The molecular formula is C21H17Br2N3O4S. The molecule has 3 rings (SSSR count). The van der Waals surface area contributed by atoms with Crippen LogP contribution in [0.25, 0.3) is 10.8 Å². The number of benzene rings is 3. The third-order valence-corrected chi connectivity index (χ3v) is 5.65. The molecule has 3 aromatic carbocycles. The highest BCUT2D eigenvalue weighted by molar-refractivity contribution is 9.11. The second kappa shape index (κ2) is 10.6. The Balaban J connectivity index is 1.48. The van der Waals surface area contributed by atoms with Crippen molar-refractivity contribution in [1.29, 1.82) is 0 Å². The molecule has 0 aromatic heterocycles. The predicted octanol–water partition coefficient (Wildman–Crippen LogP) is 4.09. The summed E-state index contributed by atoms with van der Waals surface area (Å²) in [5.74, 6) is 0.275. The lowest BCUT2D eigenvalue weighted by molar-refractivity contribution is -0.123. The fourth-order valence-electron chi connectivity index (χ4n) is 2.61. The molecule has 0 radical (unpaired) electrons. The fourth-order valence-corrected chi connectivity index (χ4v) is 3.74. The van der Waals surface area contributed by atoms with Crippen molar-refractivity contribution in [2.75, 3.05) is 13.7 Å². The summed E-state index contributed by atoms with van der Waals surface area (Å²) in [4.78, 5) is 24.2. The number of ether oxygens (including phenoxy) is 2. The maximum atomic E-state index is 12.2. The molecule has 0 fully saturated rings. The Kier molecular flexibility index (Phi) is 7.83. The number of carbonyl (C=O) groups excluding carboxylic acids is 2. The molecule has 0 aliphatic carbocycles. The zero-order chi connectivity index (χ0) is 22.4. The number of hydrogen-bond donors (Lipinski definition) is 3. The van der Waals surface area contributed by atoms with E-state index in [2.05, 4.69) is 48.0 Å². The largest absolute Gasteiger partial charge is 0.497 e. The van der Waals surface area contributed by atoms with Gasteiger partial charge in [0.2, 0.25) is 0 Å². The molecule has 3 aromatic rings. The van der Waals surface area contributed by atoms with Crippen molar-refractivity contribution in [1.82, 2.24) is 16.2 Å². The van der Waals surface area contributed by atoms with E-state index in [0.717, 1.165) is 19.7 Å². The van der Waals surface area contributed by atoms with Crippen LogP contribution in [0.15, 0.2) is 63.5 Å². The Labute approximate surface area is 200 Å². The Hall–Kier alpha value is -2.69. The van der Waals surface area contributed by atoms with Gasteiger partial charge in [-0.25, -0.2) is 0 Å². The third kappa shape index (κ3) is 6.16. The number of fused-ring (bicyclic) bond motifs is 1. The standard InChI is InChI=1S/C21H17Br2N3O4S/c1-29-15-6-2-12(3-7-15)20(28)24-21(31)26-25-18(27)11-30-17-9-4-13-10-14(22)5-8-16(13)19(17)23/h2-10H,11H2,1H3,(H,25,27)(H2,24,26,28,31). The summed E-state index contributed by atoms with van der Waals surface area (Å²) >= 11 is 12.0. The van der Waals surface area contributed by atoms with Gasteiger partial charge in [-0.1, -0.05) is 28.1 Å². The lowest BCUT2D eigenvalue weighted by Gasteiger charge is -2.13. The van der Waals surface area contributed by atoms with Crippen molar-refractivity contribution in [2.45, 2.75) is 0 Å². The maximum Gasteiger partial charge on any atom is 0.276 e. The average molecular weight is 567 g/mol. The molecule has 0 atom stereocenters. The Bertz CT molecular complexity index is 1140. The quantitative estimate of drug-likeness (QED) is 0.318. The Morgan fingerprint density at radius 2 is 1.74 bits per heavy atom. The monoisotopic (exact) mass is 565 g/mol. The molecule has 3 N–H and O–H groups in total. The maximum absolute atomic E-state index is 12.2. The molecule has 0 saturated carbocycles. The molecule has 0 spiro atoms. The zero-order valence-electron chi connectivity index (χ0n) is 16.2. The molecule has 0 aliphatic heterocycles. The highest BCUT2D eigenvalue weighted by Gasteiger charge is 2.11. The summed E-state index contributed by atoms with van der Waals surface area (Å²) < 4.78 is 12.4. The van der Waals surface area contributed by atoms with Gasteiger partial charge in [0.15, 0.2) is 11.7 Å². The van der Waals surface area contributed by atoms with Gasteiger partial charge in [-0.2, -0.15) is 0 Å². The van der Waals surface area contributed by atoms with Crippen LogP contribution in [0.2, 0.25) is 0 Å². The molecular weight excluding hydrogens is 550 g/mol. The van der Waals surface area contributed by atoms with E-state index in [0.29, 0.717) is 17.1 Å². The number of halogens is 2. The third-order valence-electron chi connectivity index (χ3n) is 4.13. The van der Waals surface area contributed by atoms with Gasteiger partial charge in [-0.15, -0.1) is 0 Å². The van der Waals surface area contributed by atoms with Crippen molar-refractivity contribution in [3.05, 3.63) is 69.1 Å². The summed E-state index contributed by atoms with van der Waals surface area (Å²) in [5.41, 5.74) is 5.25. The Morgan fingerprint density at radius 3 is 2.45 bits per heavy atom. The van der Waals surface area contributed by atoms with E-state index in [1.54, 1.807) is 37.4 Å². The number of carbonyl (C=O) groups is 2. The summed E-state index contributed by atoms with van der Waals surface area (Å²) in [6.07, 6.45) is 0. The Morgan fingerprint density at radius 1 is 1.00 bits per heavy atom. The van der Waals surface area contributed by atoms with Gasteiger partial charge in [0.1, 0.15) is 11.5 Å². The minimum Gasteiger partial charge on any atom is -0.497 e. The van der Waals surface area contributed by atoms with Gasteiger partial charge in [-0.05, 0) is 81.4 Å². The van der Waals surface area contributed by atoms with E-state index in [1.807, 2.05) is 24.3 Å².